The lowest BCUT2D eigenvalue weighted by Gasteiger charge is -2.24. The Balaban J connectivity index is 1.61. The van der Waals surface area contributed by atoms with Crippen LogP contribution in [0.5, 0.6) is 23.0 Å². The molecule has 0 fully saturated rings. The van der Waals surface area contributed by atoms with Gasteiger partial charge in [-0.1, -0.05) is 42.5 Å². The molecular weight excluding hydrogens is 430 g/mol. The van der Waals surface area contributed by atoms with E-state index in [4.69, 9.17) is 14.2 Å². The van der Waals surface area contributed by atoms with Gasteiger partial charge in [-0.05, 0) is 42.7 Å². The van der Waals surface area contributed by atoms with Crippen LogP contribution >= 0.6 is 0 Å². The lowest BCUT2D eigenvalue weighted by atomic mass is 9.81. The van der Waals surface area contributed by atoms with Gasteiger partial charge < -0.3 is 19.3 Å². The highest BCUT2D eigenvalue weighted by Crippen LogP contribution is 2.38. The van der Waals surface area contributed by atoms with Gasteiger partial charge in [-0.15, -0.1) is 0 Å². The molecule has 4 rings (SSSR count). The van der Waals surface area contributed by atoms with E-state index in [1.54, 1.807) is 51.5 Å². The normalized spacial score (nSPS) is 16.4. The first-order valence-corrected chi connectivity index (χ1v) is 11.0. The molecule has 1 aliphatic carbocycles. The molecule has 1 unspecified atom stereocenters. The number of allylic oxidation sites excluding steroid dienone is 2. The molecule has 3 aromatic carbocycles. The molecule has 0 saturated heterocycles. The lowest BCUT2D eigenvalue weighted by molar-refractivity contribution is -0.116. The Morgan fingerprint density at radius 2 is 1.59 bits per heavy atom. The zero-order valence-corrected chi connectivity index (χ0v) is 19.4. The quantitative estimate of drug-likeness (QED) is 0.407. The molecule has 6 nitrogen and oxygen atoms in total. The van der Waals surface area contributed by atoms with Crippen LogP contribution in [0.15, 0.2) is 89.1 Å². The first-order valence-electron chi connectivity index (χ1n) is 11.0. The third-order valence-electron chi connectivity index (χ3n) is 5.81. The molecule has 0 saturated carbocycles. The number of para-hydroxylation sites is 2. The number of aliphatic hydroxyl groups is 1. The average Bonchev–Trinajstić information content (AvgIpc) is 2.85. The number of aliphatic imine (C=N–C) groups is 1. The first-order chi connectivity index (χ1) is 16.5. The summed E-state index contributed by atoms with van der Waals surface area (Å²) in [6, 6.07) is 22.3. The van der Waals surface area contributed by atoms with Gasteiger partial charge >= 0.3 is 0 Å². The number of hydrogen-bond donors (Lipinski definition) is 1. The number of carbonyl (C=O) groups is 1. The molecule has 0 bridgehead atoms. The Morgan fingerprint density at radius 3 is 2.29 bits per heavy atom. The van der Waals surface area contributed by atoms with E-state index in [9.17, 15) is 9.90 Å². The molecule has 0 aromatic heterocycles. The minimum absolute atomic E-state index is 0.0362. The summed E-state index contributed by atoms with van der Waals surface area (Å²) in [6.07, 6.45) is 0.738. The second-order valence-corrected chi connectivity index (χ2v) is 8.04. The van der Waals surface area contributed by atoms with Crippen LogP contribution in [0.25, 0.3) is 0 Å². The van der Waals surface area contributed by atoms with Crippen LogP contribution in [0.4, 0.5) is 5.69 Å². The summed E-state index contributed by atoms with van der Waals surface area (Å²) < 4.78 is 16.7. The van der Waals surface area contributed by atoms with Gasteiger partial charge in [0.1, 0.15) is 17.2 Å². The zero-order chi connectivity index (χ0) is 24.1. The van der Waals surface area contributed by atoms with Crippen molar-refractivity contribution in [3.8, 4) is 23.0 Å². The number of Topliss-reactive ketones (excluding diaryl/α,β-unsaturated/α-hetero) is 1. The van der Waals surface area contributed by atoms with Crippen molar-refractivity contribution in [2.24, 2.45) is 4.99 Å². The van der Waals surface area contributed by atoms with Crippen LogP contribution in [0.1, 0.15) is 31.2 Å². The Hall–Kier alpha value is -4.06. The Bertz CT molecular complexity index is 1250. The van der Waals surface area contributed by atoms with E-state index in [1.165, 1.54) is 0 Å². The molecule has 1 aliphatic rings. The Labute approximate surface area is 199 Å². The lowest BCUT2D eigenvalue weighted by Crippen LogP contribution is -2.22. The summed E-state index contributed by atoms with van der Waals surface area (Å²) in [5, 5.41) is 10.8. The van der Waals surface area contributed by atoms with Crippen molar-refractivity contribution in [1.82, 2.24) is 0 Å². The summed E-state index contributed by atoms with van der Waals surface area (Å²) >= 11 is 0. The standard InChI is InChI=1S/C28H27NO5/c1-18(28-23(30)15-20(16-24(28)31)19-9-5-4-6-10-19)29-22-11-7-8-12-25(22)34-21-13-14-26(32-2)27(17-21)33-3/h4-14,17,20,30H,15-16H2,1-3H3. The third kappa shape index (κ3) is 4.96. The van der Waals surface area contributed by atoms with E-state index in [0.717, 1.165) is 5.56 Å². The number of ether oxygens (including phenoxy) is 3. The molecule has 6 heteroatoms. The number of aliphatic hydroxyl groups excluding tert-OH is 1. The Morgan fingerprint density at radius 1 is 0.882 bits per heavy atom. The van der Waals surface area contributed by atoms with E-state index in [2.05, 4.69) is 4.99 Å². The molecule has 0 aliphatic heterocycles. The zero-order valence-electron chi connectivity index (χ0n) is 19.4. The highest BCUT2D eigenvalue weighted by Gasteiger charge is 2.30. The monoisotopic (exact) mass is 457 g/mol. The largest absolute Gasteiger partial charge is 0.511 e. The van der Waals surface area contributed by atoms with Crippen LogP contribution < -0.4 is 14.2 Å². The van der Waals surface area contributed by atoms with Gasteiger partial charge in [-0.3, -0.25) is 4.79 Å². The van der Waals surface area contributed by atoms with Crippen molar-refractivity contribution in [2.45, 2.75) is 25.7 Å². The van der Waals surface area contributed by atoms with Crippen molar-refractivity contribution in [3.05, 3.63) is 89.7 Å². The number of carbonyl (C=O) groups excluding carboxylic acids is 1. The highest BCUT2D eigenvalue weighted by molar-refractivity contribution is 6.23. The minimum Gasteiger partial charge on any atom is -0.511 e. The fourth-order valence-electron chi connectivity index (χ4n) is 4.15. The van der Waals surface area contributed by atoms with Gasteiger partial charge in [0.05, 0.1) is 25.5 Å². The van der Waals surface area contributed by atoms with E-state index >= 15 is 0 Å². The van der Waals surface area contributed by atoms with Crippen molar-refractivity contribution >= 4 is 17.2 Å². The van der Waals surface area contributed by atoms with Crippen LogP contribution in [-0.4, -0.2) is 30.8 Å². The van der Waals surface area contributed by atoms with E-state index in [0.29, 0.717) is 47.2 Å². The summed E-state index contributed by atoms with van der Waals surface area (Å²) in [6.45, 7) is 1.74. The Kier molecular flexibility index (Phi) is 6.97. The van der Waals surface area contributed by atoms with Gasteiger partial charge in [-0.25, -0.2) is 4.99 Å². The molecule has 3 aromatic rings. The van der Waals surface area contributed by atoms with Gasteiger partial charge in [0, 0.05) is 18.9 Å². The van der Waals surface area contributed by atoms with E-state index in [1.807, 2.05) is 42.5 Å². The van der Waals surface area contributed by atoms with Gasteiger partial charge in [0.15, 0.2) is 23.0 Å². The van der Waals surface area contributed by atoms with Crippen molar-refractivity contribution < 1.29 is 24.1 Å². The second kappa shape index (κ2) is 10.3. The van der Waals surface area contributed by atoms with Crippen LogP contribution in [0.2, 0.25) is 0 Å². The summed E-state index contributed by atoms with van der Waals surface area (Å²) in [5.41, 5.74) is 2.34. The summed E-state index contributed by atoms with van der Waals surface area (Å²) in [5.74, 6) is 2.14. The number of nitrogens with zero attached hydrogens (tertiary/aromatic N) is 1. The van der Waals surface area contributed by atoms with Crippen molar-refractivity contribution in [3.63, 3.8) is 0 Å². The van der Waals surface area contributed by atoms with Gasteiger partial charge in [-0.2, -0.15) is 0 Å². The molecule has 0 amide bonds. The summed E-state index contributed by atoms with van der Waals surface area (Å²) in [4.78, 5) is 17.6. The fourth-order valence-corrected chi connectivity index (χ4v) is 4.15. The van der Waals surface area contributed by atoms with Crippen LogP contribution in [-0.2, 0) is 4.79 Å². The highest BCUT2D eigenvalue weighted by atomic mass is 16.5. The van der Waals surface area contributed by atoms with Gasteiger partial charge in [0.25, 0.3) is 0 Å². The topological polar surface area (TPSA) is 77.4 Å². The molecular formula is C28H27NO5. The van der Waals surface area contributed by atoms with E-state index < -0.39 is 0 Å². The number of methoxy groups -OCH3 is 2. The smallest absolute Gasteiger partial charge is 0.168 e. The molecule has 34 heavy (non-hydrogen) atoms. The molecule has 0 radical (unpaired) electrons. The van der Waals surface area contributed by atoms with Crippen LogP contribution in [0, 0.1) is 0 Å². The number of benzene rings is 3. The van der Waals surface area contributed by atoms with Gasteiger partial charge in [0.2, 0.25) is 0 Å². The van der Waals surface area contributed by atoms with Crippen molar-refractivity contribution in [1.29, 1.82) is 0 Å². The molecule has 0 spiro atoms. The molecule has 0 heterocycles. The predicted molar refractivity (Wildman–Crippen MR) is 132 cm³/mol. The maximum Gasteiger partial charge on any atom is 0.168 e. The second-order valence-electron chi connectivity index (χ2n) is 8.04. The maximum atomic E-state index is 13.0. The molecule has 1 N–H and O–H groups in total. The first kappa shape index (κ1) is 23.1. The SMILES string of the molecule is COc1ccc(Oc2ccccc2N=C(C)C2=C(O)CC(c3ccccc3)CC2=O)cc1OC. The van der Waals surface area contributed by atoms with Crippen LogP contribution in [0.3, 0.4) is 0 Å². The number of hydrogen-bond acceptors (Lipinski definition) is 6. The fraction of sp³-hybridized carbons (Fsp3) is 0.214. The average molecular weight is 458 g/mol. The predicted octanol–water partition coefficient (Wildman–Crippen LogP) is 6.55. The number of ketones is 1. The summed E-state index contributed by atoms with van der Waals surface area (Å²) in [7, 11) is 3.14. The van der Waals surface area contributed by atoms with E-state index in [-0.39, 0.29) is 23.0 Å². The molecule has 1 atom stereocenters. The third-order valence-corrected chi connectivity index (χ3v) is 5.81. The number of rotatable bonds is 7. The minimum atomic E-state index is -0.114. The van der Waals surface area contributed by atoms with Crippen molar-refractivity contribution in [2.75, 3.05) is 14.2 Å². The molecule has 174 valence electrons. The maximum absolute atomic E-state index is 13.0.